The molecule has 0 spiro atoms. The number of amides is 1. The van der Waals surface area contributed by atoms with E-state index in [-0.39, 0.29) is 24.8 Å². The van der Waals surface area contributed by atoms with Crippen LogP contribution in [0, 0.1) is 0 Å². The van der Waals surface area contributed by atoms with Gasteiger partial charge in [0.2, 0.25) is 6.79 Å². The van der Waals surface area contributed by atoms with Gasteiger partial charge in [0, 0.05) is 31.7 Å². The topological polar surface area (TPSA) is 81.6 Å². The highest BCUT2D eigenvalue weighted by Crippen LogP contribution is 2.32. The minimum atomic E-state index is -0.291. The Kier molecular flexibility index (Phi) is 6.89. The molecule has 1 fully saturated rings. The van der Waals surface area contributed by atoms with Gasteiger partial charge < -0.3 is 18.9 Å². The van der Waals surface area contributed by atoms with Crippen molar-refractivity contribution in [2.24, 2.45) is 4.99 Å². The summed E-state index contributed by atoms with van der Waals surface area (Å²) in [6, 6.07) is 5.31. The number of hydrogen-bond acceptors (Lipinski definition) is 7. The van der Waals surface area contributed by atoms with Crippen molar-refractivity contribution in [1.29, 1.82) is 0 Å². The van der Waals surface area contributed by atoms with E-state index in [2.05, 4.69) is 15.2 Å². The zero-order valence-corrected chi connectivity index (χ0v) is 15.9. The predicted octanol–water partition coefficient (Wildman–Crippen LogP) is 1.65. The fourth-order valence-corrected chi connectivity index (χ4v) is 2.84. The van der Waals surface area contributed by atoms with E-state index in [0.29, 0.717) is 23.6 Å². The average molecular weight is 377 g/mol. The Morgan fingerprint density at radius 2 is 2.04 bits per heavy atom. The van der Waals surface area contributed by atoms with E-state index in [1.807, 2.05) is 13.8 Å². The Balaban J connectivity index is 1.54. The van der Waals surface area contributed by atoms with Gasteiger partial charge >= 0.3 is 0 Å². The summed E-state index contributed by atoms with van der Waals surface area (Å²) in [6.07, 6.45) is 0.810. The Hall–Kier alpha value is -2.32. The van der Waals surface area contributed by atoms with E-state index in [1.165, 1.54) is 0 Å². The summed E-state index contributed by atoms with van der Waals surface area (Å²) in [6.45, 7) is 9.00. The van der Waals surface area contributed by atoms with Crippen molar-refractivity contribution in [3.8, 4) is 11.5 Å². The Bertz CT molecular complexity index is 671. The minimum absolute atomic E-state index is 0.0833. The molecule has 0 radical (unpaired) electrons. The Morgan fingerprint density at radius 3 is 2.81 bits per heavy atom. The quantitative estimate of drug-likeness (QED) is 0.461. The molecule has 0 aromatic heterocycles. The maximum absolute atomic E-state index is 12.5. The molecule has 27 heavy (non-hydrogen) atoms. The minimum Gasteiger partial charge on any atom is -0.462 e. The van der Waals surface area contributed by atoms with Gasteiger partial charge in [-0.05, 0) is 38.5 Å². The van der Waals surface area contributed by atoms with Crippen LogP contribution in [-0.4, -0.2) is 69.1 Å². The van der Waals surface area contributed by atoms with Crippen LogP contribution in [0.3, 0.4) is 0 Å². The molecule has 0 unspecified atom stereocenters. The third-order valence-electron chi connectivity index (χ3n) is 4.19. The maximum atomic E-state index is 12.5. The fourth-order valence-electron chi connectivity index (χ4n) is 2.84. The van der Waals surface area contributed by atoms with E-state index in [4.69, 9.17) is 18.9 Å². The lowest BCUT2D eigenvalue weighted by Crippen LogP contribution is -2.37. The Labute approximate surface area is 159 Å². The molecule has 148 valence electrons. The number of hydrogen-bond donors (Lipinski definition) is 1. The number of fused-ring (bicyclic) bond motifs is 1. The largest absolute Gasteiger partial charge is 0.462 e. The summed E-state index contributed by atoms with van der Waals surface area (Å²) >= 11 is 0. The molecule has 1 saturated heterocycles. The van der Waals surface area contributed by atoms with Gasteiger partial charge in [-0.2, -0.15) is 0 Å². The first kappa shape index (κ1) is 19.4. The molecule has 2 aliphatic heterocycles. The maximum Gasteiger partial charge on any atom is 0.291 e. The molecule has 1 N–H and O–H groups in total. The van der Waals surface area contributed by atoms with Crippen LogP contribution in [0.1, 0.15) is 30.6 Å². The molecule has 0 aliphatic carbocycles. The van der Waals surface area contributed by atoms with E-state index < -0.39 is 0 Å². The van der Waals surface area contributed by atoms with E-state index in [0.717, 1.165) is 39.3 Å². The van der Waals surface area contributed by atoms with Crippen LogP contribution in [0.5, 0.6) is 11.5 Å². The summed E-state index contributed by atoms with van der Waals surface area (Å²) in [4.78, 5) is 19.3. The second-order valence-corrected chi connectivity index (χ2v) is 6.68. The van der Waals surface area contributed by atoms with Gasteiger partial charge in [-0.3, -0.25) is 15.0 Å². The molecule has 8 heteroatoms. The first-order valence-corrected chi connectivity index (χ1v) is 9.34. The van der Waals surface area contributed by atoms with Crippen LogP contribution >= 0.6 is 0 Å². The summed E-state index contributed by atoms with van der Waals surface area (Å²) < 4.78 is 21.6. The van der Waals surface area contributed by atoms with Crippen LogP contribution in [0.2, 0.25) is 0 Å². The highest BCUT2D eigenvalue weighted by atomic mass is 16.7. The number of carbonyl (C=O) groups excluding carboxylic acids is 1. The normalized spacial score (nSPS) is 17.2. The van der Waals surface area contributed by atoms with Crippen molar-refractivity contribution in [3.63, 3.8) is 0 Å². The van der Waals surface area contributed by atoms with Crippen molar-refractivity contribution in [2.75, 3.05) is 46.2 Å². The van der Waals surface area contributed by atoms with E-state index >= 15 is 0 Å². The summed E-state index contributed by atoms with van der Waals surface area (Å²) in [5, 5.41) is 2.75. The third kappa shape index (κ3) is 5.83. The smallest absolute Gasteiger partial charge is 0.291 e. The number of aliphatic imine (C=N–C) groups is 1. The number of nitrogens with zero attached hydrogens (tertiary/aromatic N) is 2. The van der Waals surface area contributed by atoms with Crippen molar-refractivity contribution in [2.45, 2.75) is 26.4 Å². The molecule has 1 amide bonds. The lowest BCUT2D eigenvalue weighted by Gasteiger charge is -2.26. The van der Waals surface area contributed by atoms with Crippen LogP contribution < -0.4 is 14.8 Å². The monoisotopic (exact) mass is 377 g/mol. The fraction of sp³-hybridized carbons (Fsp3) is 0.579. The first-order valence-electron chi connectivity index (χ1n) is 9.34. The summed E-state index contributed by atoms with van der Waals surface area (Å²) in [7, 11) is 0. The molecule has 3 rings (SSSR count). The van der Waals surface area contributed by atoms with Gasteiger partial charge in [-0.1, -0.05) is 0 Å². The zero-order chi connectivity index (χ0) is 19.1. The second kappa shape index (κ2) is 9.57. The number of ether oxygens (including phenoxy) is 4. The first-order chi connectivity index (χ1) is 13.1. The number of rotatable bonds is 6. The lowest BCUT2D eigenvalue weighted by molar-refractivity contribution is 0.0377. The molecule has 0 bridgehead atoms. The van der Waals surface area contributed by atoms with Crippen LogP contribution in [0.15, 0.2) is 23.2 Å². The lowest BCUT2D eigenvalue weighted by atomic mass is 10.2. The van der Waals surface area contributed by atoms with E-state index in [1.54, 1.807) is 18.2 Å². The number of morpholine rings is 1. The van der Waals surface area contributed by atoms with E-state index in [9.17, 15) is 4.79 Å². The average Bonchev–Trinajstić information content (AvgIpc) is 3.13. The molecule has 1 aromatic carbocycles. The van der Waals surface area contributed by atoms with Crippen molar-refractivity contribution < 1.29 is 23.7 Å². The highest BCUT2D eigenvalue weighted by molar-refractivity contribution is 6.04. The van der Waals surface area contributed by atoms with Gasteiger partial charge in [-0.25, -0.2) is 4.99 Å². The van der Waals surface area contributed by atoms with Gasteiger partial charge in [0.05, 0.1) is 19.3 Å². The van der Waals surface area contributed by atoms with Gasteiger partial charge in [-0.15, -0.1) is 0 Å². The summed E-state index contributed by atoms with van der Waals surface area (Å²) in [5.41, 5.74) is 0.465. The highest BCUT2D eigenvalue weighted by Gasteiger charge is 2.18. The van der Waals surface area contributed by atoms with Gasteiger partial charge in [0.15, 0.2) is 11.5 Å². The number of carbonyl (C=O) groups is 1. The molecule has 2 aliphatic rings. The molecule has 2 heterocycles. The molecule has 0 saturated carbocycles. The molecular formula is C19H27N3O5. The third-order valence-corrected chi connectivity index (χ3v) is 4.19. The standard InChI is InChI=1S/C19H27N3O5/c1-14(2)27-19(20-6-3-7-22-8-10-24-11-9-22)21-18(23)15-4-5-16-17(12-15)26-13-25-16/h4-5,12,14H,3,6-11,13H2,1-2H3,(H,20,21,23). The SMILES string of the molecule is CC(C)OC(=NCCCN1CCOCC1)NC(=O)c1ccc2c(c1)OCO2. The van der Waals surface area contributed by atoms with Crippen molar-refractivity contribution in [3.05, 3.63) is 23.8 Å². The second-order valence-electron chi connectivity index (χ2n) is 6.68. The molecular weight excluding hydrogens is 350 g/mol. The van der Waals surface area contributed by atoms with Crippen LogP contribution in [-0.2, 0) is 9.47 Å². The predicted molar refractivity (Wildman–Crippen MR) is 100 cm³/mol. The van der Waals surface area contributed by atoms with Crippen molar-refractivity contribution in [1.82, 2.24) is 10.2 Å². The van der Waals surface area contributed by atoms with Crippen molar-refractivity contribution >= 4 is 11.9 Å². The molecule has 1 aromatic rings. The summed E-state index contributed by atoms with van der Waals surface area (Å²) in [5.74, 6) is 0.916. The number of amidine groups is 1. The number of nitrogens with one attached hydrogen (secondary N) is 1. The van der Waals surface area contributed by atoms with Gasteiger partial charge in [0.25, 0.3) is 11.9 Å². The zero-order valence-electron chi connectivity index (χ0n) is 15.9. The van der Waals surface area contributed by atoms with Gasteiger partial charge in [0.1, 0.15) is 0 Å². The molecule has 0 atom stereocenters. The molecule has 8 nitrogen and oxygen atoms in total. The van der Waals surface area contributed by atoms with Crippen LogP contribution in [0.25, 0.3) is 0 Å². The van der Waals surface area contributed by atoms with Crippen LogP contribution in [0.4, 0.5) is 0 Å². The number of benzene rings is 1. The Morgan fingerprint density at radius 1 is 1.26 bits per heavy atom.